The quantitative estimate of drug-likeness (QED) is 0.653. The highest BCUT2D eigenvalue weighted by Crippen LogP contribution is 2.33. The highest BCUT2D eigenvalue weighted by Gasteiger charge is 2.44. The maximum absolute atomic E-state index is 13.2. The van der Waals surface area contributed by atoms with E-state index in [1.165, 1.54) is 0 Å². The fourth-order valence-corrected chi connectivity index (χ4v) is 5.51. The summed E-state index contributed by atoms with van der Waals surface area (Å²) in [6.45, 7) is 8.69. The molecule has 182 valence electrons. The number of nitrogens with one attached hydrogen (secondary N) is 2. The van der Waals surface area contributed by atoms with Crippen LogP contribution in [0.3, 0.4) is 0 Å². The lowest BCUT2D eigenvalue weighted by Crippen LogP contribution is -2.67. The molecule has 0 aliphatic carbocycles. The number of carbonyl (C=O) groups excluding carboxylic acids is 2. The normalized spacial score (nSPS) is 24.0. The first-order valence-corrected chi connectivity index (χ1v) is 12.6. The second-order valence-corrected chi connectivity index (χ2v) is 10.4. The van der Waals surface area contributed by atoms with Crippen molar-refractivity contribution in [1.29, 1.82) is 0 Å². The molecule has 2 aromatic rings. The average molecular weight is 483 g/mol. The van der Waals surface area contributed by atoms with E-state index < -0.39 is 0 Å². The van der Waals surface area contributed by atoms with Crippen molar-refractivity contribution in [2.45, 2.75) is 51.2 Å². The molecule has 2 aliphatic heterocycles. The van der Waals surface area contributed by atoms with Crippen LogP contribution < -0.4 is 15.5 Å². The SMILES string of the molecule is CC[C@@H](NC(=O)[C@@H]1CNC[C@H](N2CC(=O)N(c3ccccc3Cl)CC2(C)C)C1)c1ccccc1. The first kappa shape index (κ1) is 24.7. The molecule has 0 aromatic heterocycles. The van der Waals surface area contributed by atoms with Crippen LogP contribution >= 0.6 is 11.6 Å². The van der Waals surface area contributed by atoms with Crippen LogP contribution in [0.1, 0.15) is 45.2 Å². The Morgan fingerprint density at radius 1 is 1.15 bits per heavy atom. The molecular weight excluding hydrogens is 448 g/mol. The van der Waals surface area contributed by atoms with E-state index in [9.17, 15) is 9.59 Å². The number of hydrogen-bond acceptors (Lipinski definition) is 4. The summed E-state index contributed by atoms with van der Waals surface area (Å²) < 4.78 is 0. The number of para-hydroxylation sites is 1. The van der Waals surface area contributed by atoms with E-state index in [1.54, 1.807) is 4.90 Å². The average Bonchev–Trinajstić information content (AvgIpc) is 2.84. The lowest BCUT2D eigenvalue weighted by atomic mass is 9.88. The van der Waals surface area contributed by atoms with Crippen molar-refractivity contribution < 1.29 is 9.59 Å². The number of benzene rings is 2. The highest BCUT2D eigenvalue weighted by atomic mass is 35.5. The van der Waals surface area contributed by atoms with Gasteiger partial charge in [-0.15, -0.1) is 0 Å². The van der Waals surface area contributed by atoms with Crippen LogP contribution in [0.25, 0.3) is 0 Å². The van der Waals surface area contributed by atoms with Crippen molar-refractivity contribution in [3.63, 3.8) is 0 Å². The van der Waals surface area contributed by atoms with Crippen molar-refractivity contribution >= 4 is 29.1 Å². The molecule has 2 heterocycles. The minimum Gasteiger partial charge on any atom is -0.349 e. The summed E-state index contributed by atoms with van der Waals surface area (Å²) in [4.78, 5) is 30.4. The van der Waals surface area contributed by atoms with Crippen molar-refractivity contribution in [3.8, 4) is 0 Å². The Labute approximate surface area is 207 Å². The van der Waals surface area contributed by atoms with Gasteiger partial charge >= 0.3 is 0 Å². The molecular formula is C27H35ClN4O2. The van der Waals surface area contributed by atoms with E-state index in [4.69, 9.17) is 11.6 Å². The van der Waals surface area contributed by atoms with Gasteiger partial charge in [0.25, 0.3) is 0 Å². The van der Waals surface area contributed by atoms with Crippen LogP contribution in [-0.2, 0) is 9.59 Å². The van der Waals surface area contributed by atoms with E-state index in [0.717, 1.165) is 30.6 Å². The molecule has 0 radical (unpaired) electrons. The standard InChI is InChI=1S/C27H35ClN4O2/c1-4-23(19-10-6-5-7-11-19)30-26(34)20-14-21(16-29-15-20)32-17-25(33)31(18-27(32,2)3)24-13-9-8-12-22(24)28/h5-13,20-21,23,29H,4,14-18H2,1-3H3,(H,30,34)/t20-,21+,23+/m0/s1. The van der Waals surface area contributed by atoms with Gasteiger partial charge in [0.05, 0.1) is 29.2 Å². The Morgan fingerprint density at radius 3 is 2.56 bits per heavy atom. The number of nitrogens with zero attached hydrogens (tertiary/aromatic N) is 2. The Balaban J connectivity index is 1.44. The Hall–Kier alpha value is -2.41. The maximum atomic E-state index is 13.2. The van der Waals surface area contributed by atoms with Gasteiger partial charge < -0.3 is 15.5 Å². The lowest BCUT2D eigenvalue weighted by molar-refractivity contribution is -0.129. The van der Waals surface area contributed by atoms with Crippen molar-refractivity contribution in [2.75, 3.05) is 31.1 Å². The van der Waals surface area contributed by atoms with E-state index >= 15 is 0 Å². The van der Waals surface area contributed by atoms with Crippen LogP contribution in [0.4, 0.5) is 5.69 Å². The Kier molecular flexibility index (Phi) is 7.60. The molecule has 6 nitrogen and oxygen atoms in total. The number of anilines is 1. The number of halogens is 1. The molecule has 7 heteroatoms. The van der Waals surface area contributed by atoms with Gasteiger partial charge in [-0.1, -0.05) is 61.0 Å². The summed E-state index contributed by atoms with van der Waals surface area (Å²) >= 11 is 6.39. The summed E-state index contributed by atoms with van der Waals surface area (Å²) in [7, 11) is 0. The highest BCUT2D eigenvalue weighted by molar-refractivity contribution is 6.33. The number of piperidine rings is 1. The van der Waals surface area contributed by atoms with Crippen molar-refractivity contribution in [3.05, 3.63) is 65.2 Å². The fraction of sp³-hybridized carbons (Fsp3) is 0.481. The van der Waals surface area contributed by atoms with Gasteiger partial charge in [0.1, 0.15) is 0 Å². The molecule has 0 spiro atoms. The number of amides is 2. The Morgan fingerprint density at radius 2 is 1.85 bits per heavy atom. The van der Waals surface area contributed by atoms with E-state index in [2.05, 4.69) is 48.4 Å². The van der Waals surface area contributed by atoms with Crippen LogP contribution in [-0.4, -0.2) is 54.5 Å². The summed E-state index contributed by atoms with van der Waals surface area (Å²) in [5.74, 6) is -0.0233. The van der Waals surface area contributed by atoms with Crippen LogP contribution in [0.15, 0.2) is 54.6 Å². The second kappa shape index (κ2) is 10.5. The van der Waals surface area contributed by atoms with Crippen LogP contribution in [0, 0.1) is 5.92 Å². The zero-order valence-corrected chi connectivity index (χ0v) is 21.0. The predicted octanol–water partition coefficient (Wildman–Crippen LogP) is 4.01. The molecule has 3 atom stereocenters. The van der Waals surface area contributed by atoms with Gasteiger partial charge in [-0.05, 0) is 44.4 Å². The minimum absolute atomic E-state index is 0.00580. The van der Waals surface area contributed by atoms with E-state index in [0.29, 0.717) is 24.7 Å². The second-order valence-electron chi connectivity index (χ2n) is 10.00. The number of carbonyl (C=O) groups is 2. The van der Waals surface area contributed by atoms with Crippen LogP contribution in [0.2, 0.25) is 5.02 Å². The third kappa shape index (κ3) is 5.29. The molecule has 0 unspecified atom stereocenters. The molecule has 2 saturated heterocycles. The predicted molar refractivity (Wildman–Crippen MR) is 137 cm³/mol. The summed E-state index contributed by atoms with van der Waals surface area (Å²) in [5.41, 5.74) is 1.63. The fourth-order valence-electron chi connectivity index (χ4n) is 5.28. The Bertz CT molecular complexity index is 1010. The number of rotatable bonds is 6. The molecule has 2 aromatic carbocycles. The third-order valence-electron chi connectivity index (χ3n) is 7.14. The largest absolute Gasteiger partial charge is 0.349 e. The van der Waals surface area contributed by atoms with Gasteiger partial charge in [-0.25, -0.2) is 0 Å². The topological polar surface area (TPSA) is 64.7 Å². The zero-order chi connectivity index (χ0) is 24.3. The zero-order valence-electron chi connectivity index (χ0n) is 20.3. The maximum Gasteiger partial charge on any atom is 0.241 e. The van der Waals surface area contributed by atoms with E-state index in [-0.39, 0.29) is 35.4 Å². The lowest BCUT2D eigenvalue weighted by Gasteiger charge is -2.51. The number of piperazine rings is 1. The number of hydrogen-bond donors (Lipinski definition) is 2. The summed E-state index contributed by atoms with van der Waals surface area (Å²) in [6, 6.07) is 17.7. The molecule has 2 amide bonds. The first-order valence-electron chi connectivity index (χ1n) is 12.2. The van der Waals surface area contributed by atoms with Crippen molar-refractivity contribution in [1.82, 2.24) is 15.5 Å². The monoisotopic (exact) mass is 482 g/mol. The molecule has 4 rings (SSSR count). The molecule has 2 fully saturated rings. The first-order chi connectivity index (χ1) is 16.3. The van der Waals surface area contributed by atoms with Gasteiger partial charge in [0.2, 0.25) is 11.8 Å². The minimum atomic E-state index is -0.256. The van der Waals surface area contributed by atoms with Gasteiger partial charge in [-0.3, -0.25) is 14.5 Å². The van der Waals surface area contributed by atoms with Gasteiger partial charge in [0, 0.05) is 31.2 Å². The van der Waals surface area contributed by atoms with Crippen LogP contribution in [0.5, 0.6) is 0 Å². The molecule has 2 aliphatic rings. The van der Waals surface area contributed by atoms with Gasteiger partial charge in [0.15, 0.2) is 0 Å². The molecule has 0 bridgehead atoms. The summed E-state index contributed by atoms with van der Waals surface area (Å²) in [6.07, 6.45) is 1.57. The van der Waals surface area contributed by atoms with Crippen molar-refractivity contribution in [2.24, 2.45) is 5.92 Å². The molecule has 34 heavy (non-hydrogen) atoms. The summed E-state index contributed by atoms with van der Waals surface area (Å²) in [5, 5.41) is 7.29. The third-order valence-corrected chi connectivity index (χ3v) is 7.46. The smallest absolute Gasteiger partial charge is 0.241 e. The van der Waals surface area contributed by atoms with Gasteiger partial charge in [-0.2, -0.15) is 0 Å². The molecule has 0 saturated carbocycles. The molecule has 2 N–H and O–H groups in total. The van der Waals surface area contributed by atoms with E-state index in [1.807, 2.05) is 42.5 Å².